The molecule has 1 amide bonds. The zero-order valence-corrected chi connectivity index (χ0v) is 14.5. The van der Waals surface area contributed by atoms with Gasteiger partial charge in [0.05, 0.1) is 10.5 Å². The zero-order chi connectivity index (χ0) is 17.1. The van der Waals surface area contributed by atoms with Crippen molar-refractivity contribution in [1.29, 1.82) is 0 Å². The van der Waals surface area contributed by atoms with Crippen LogP contribution in [0.3, 0.4) is 0 Å². The molecule has 1 heterocycles. The van der Waals surface area contributed by atoms with Crippen molar-refractivity contribution in [2.75, 3.05) is 31.1 Å². The minimum absolute atomic E-state index is 0.0234. The molecule has 0 aromatic heterocycles. The molecule has 1 aliphatic rings. The third-order valence-electron chi connectivity index (χ3n) is 4.09. The third kappa shape index (κ3) is 3.26. The van der Waals surface area contributed by atoms with Gasteiger partial charge in [-0.05, 0) is 34.1 Å². The molecule has 0 saturated carbocycles. The van der Waals surface area contributed by atoms with Gasteiger partial charge in [0.25, 0.3) is 11.6 Å². The largest absolute Gasteiger partial charge is 0.362 e. The van der Waals surface area contributed by atoms with E-state index in [1.54, 1.807) is 29.2 Å². The predicted octanol–water partition coefficient (Wildman–Crippen LogP) is 3.32. The van der Waals surface area contributed by atoms with Crippen molar-refractivity contribution in [3.05, 3.63) is 68.7 Å². The number of nitro benzene ring substituents is 1. The first-order valence-electron chi connectivity index (χ1n) is 7.60. The SMILES string of the molecule is O=C(c1ccccc1Br)N1CCN(c2ccccc2[N+](=O)[O-])CC1. The van der Waals surface area contributed by atoms with Crippen LogP contribution < -0.4 is 4.90 Å². The van der Waals surface area contributed by atoms with Crippen LogP contribution >= 0.6 is 15.9 Å². The highest BCUT2D eigenvalue weighted by Gasteiger charge is 2.26. The molecule has 0 N–H and O–H groups in total. The Bertz CT molecular complexity index is 773. The summed E-state index contributed by atoms with van der Waals surface area (Å²) in [4.78, 5) is 27.2. The minimum Gasteiger partial charge on any atom is -0.362 e. The van der Waals surface area contributed by atoms with Gasteiger partial charge in [-0.1, -0.05) is 24.3 Å². The van der Waals surface area contributed by atoms with E-state index in [9.17, 15) is 14.9 Å². The molecular formula is C17H16BrN3O3. The maximum Gasteiger partial charge on any atom is 0.292 e. The number of nitro groups is 1. The second-order valence-corrected chi connectivity index (χ2v) is 6.36. The number of carbonyl (C=O) groups is 1. The molecular weight excluding hydrogens is 374 g/mol. The molecule has 0 bridgehead atoms. The molecule has 3 rings (SSSR count). The number of hydrogen-bond donors (Lipinski definition) is 0. The van der Waals surface area contributed by atoms with E-state index in [1.807, 2.05) is 23.1 Å². The lowest BCUT2D eigenvalue weighted by Crippen LogP contribution is -2.49. The van der Waals surface area contributed by atoms with Gasteiger partial charge >= 0.3 is 0 Å². The fourth-order valence-electron chi connectivity index (χ4n) is 2.84. The number of halogens is 1. The number of piperazine rings is 1. The van der Waals surface area contributed by atoms with Gasteiger partial charge in [0.1, 0.15) is 5.69 Å². The van der Waals surface area contributed by atoms with E-state index in [0.717, 1.165) is 4.47 Å². The number of anilines is 1. The monoisotopic (exact) mass is 389 g/mol. The van der Waals surface area contributed by atoms with Crippen molar-refractivity contribution in [2.45, 2.75) is 0 Å². The quantitative estimate of drug-likeness (QED) is 0.596. The van der Waals surface area contributed by atoms with E-state index in [0.29, 0.717) is 37.4 Å². The lowest BCUT2D eigenvalue weighted by Gasteiger charge is -2.36. The van der Waals surface area contributed by atoms with Gasteiger partial charge < -0.3 is 9.80 Å². The summed E-state index contributed by atoms with van der Waals surface area (Å²) >= 11 is 3.40. The fraction of sp³-hybridized carbons (Fsp3) is 0.235. The molecule has 24 heavy (non-hydrogen) atoms. The summed E-state index contributed by atoms with van der Waals surface area (Å²) in [6.07, 6.45) is 0. The summed E-state index contributed by atoms with van der Waals surface area (Å²) in [6, 6.07) is 14.1. The lowest BCUT2D eigenvalue weighted by atomic mass is 10.1. The molecule has 6 nitrogen and oxygen atoms in total. The minimum atomic E-state index is -0.367. The second kappa shape index (κ2) is 7.00. The van der Waals surface area contributed by atoms with Crippen LogP contribution in [-0.4, -0.2) is 41.9 Å². The van der Waals surface area contributed by atoms with Crippen molar-refractivity contribution < 1.29 is 9.72 Å². The van der Waals surface area contributed by atoms with Gasteiger partial charge in [-0.2, -0.15) is 0 Å². The van der Waals surface area contributed by atoms with Gasteiger partial charge in [-0.3, -0.25) is 14.9 Å². The van der Waals surface area contributed by atoms with Crippen LogP contribution in [0.1, 0.15) is 10.4 Å². The third-order valence-corrected chi connectivity index (χ3v) is 4.78. The van der Waals surface area contributed by atoms with Crippen LogP contribution in [0, 0.1) is 10.1 Å². The number of hydrogen-bond acceptors (Lipinski definition) is 4. The van der Waals surface area contributed by atoms with Crippen molar-refractivity contribution in [2.24, 2.45) is 0 Å². The van der Waals surface area contributed by atoms with E-state index in [-0.39, 0.29) is 16.5 Å². The van der Waals surface area contributed by atoms with Crippen molar-refractivity contribution in [3.8, 4) is 0 Å². The van der Waals surface area contributed by atoms with E-state index < -0.39 is 0 Å². The standard InChI is InChI=1S/C17H16BrN3O3/c18-14-6-2-1-5-13(14)17(22)20-11-9-19(10-12-20)15-7-3-4-8-16(15)21(23)24/h1-8H,9-12H2. The summed E-state index contributed by atoms with van der Waals surface area (Å²) in [5, 5.41) is 11.2. The number of carbonyl (C=O) groups excluding carboxylic acids is 1. The van der Waals surface area contributed by atoms with E-state index >= 15 is 0 Å². The van der Waals surface area contributed by atoms with Crippen LogP contribution in [0.15, 0.2) is 53.0 Å². The highest BCUT2D eigenvalue weighted by Crippen LogP contribution is 2.28. The van der Waals surface area contributed by atoms with Crippen LogP contribution in [0.25, 0.3) is 0 Å². The zero-order valence-electron chi connectivity index (χ0n) is 12.9. The van der Waals surface area contributed by atoms with Crippen LogP contribution in [0.5, 0.6) is 0 Å². The van der Waals surface area contributed by atoms with E-state index in [2.05, 4.69) is 15.9 Å². The summed E-state index contributed by atoms with van der Waals surface area (Å²) in [7, 11) is 0. The summed E-state index contributed by atoms with van der Waals surface area (Å²) in [5.74, 6) is -0.0234. The molecule has 2 aromatic rings. The average Bonchev–Trinajstić information content (AvgIpc) is 2.62. The summed E-state index contributed by atoms with van der Waals surface area (Å²) in [6.45, 7) is 2.21. The first kappa shape index (κ1) is 16.4. The Kier molecular flexibility index (Phi) is 4.80. The highest BCUT2D eigenvalue weighted by atomic mass is 79.9. The second-order valence-electron chi connectivity index (χ2n) is 5.50. The number of para-hydroxylation sites is 2. The molecule has 1 saturated heterocycles. The normalized spacial score (nSPS) is 14.5. The van der Waals surface area contributed by atoms with Gasteiger partial charge in [-0.25, -0.2) is 0 Å². The number of benzene rings is 2. The van der Waals surface area contributed by atoms with Crippen molar-refractivity contribution in [1.82, 2.24) is 4.90 Å². The van der Waals surface area contributed by atoms with Crippen molar-refractivity contribution >= 4 is 33.2 Å². The first-order valence-corrected chi connectivity index (χ1v) is 8.39. The number of amides is 1. The smallest absolute Gasteiger partial charge is 0.292 e. The molecule has 0 unspecified atom stereocenters. The summed E-state index contributed by atoms with van der Waals surface area (Å²) in [5.41, 5.74) is 1.34. The van der Waals surface area contributed by atoms with Crippen molar-refractivity contribution in [3.63, 3.8) is 0 Å². The molecule has 0 aliphatic carbocycles. The topological polar surface area (TPSA) is 66.7 Å². The fourth-order valence-corrected chi connectivity index (χ4v) is 3.30. The molecule has 0 atom stereocenters. The Hall–Kier alpha value is -2.41. The molecule has 1 fully saturated rings. The molecule has 0 spiro atoms. The summed E-state index contributed by atoms with van der Waals surface area (Å²) < 4.78 is 0.774. The van der Waals surface area contributed by atoms with Crippen LogP contribution in [0.4, 0.5) is 11.4 Å². The van der Waals surface area contributed by atoms with Crippen LogP contribution in [0.2, 0.25) is 0 Å². The maximum atomic E-state index is 12.6. The van der Waals surface area contributed by atoms with E-state index in [4.69, 9.17) is 0 Å². The Morgan fingerprint density at radius 1 is 1.00 bits per heavy atom. The van der Waals surface area contributed by atoms with Gasteiger partial charge in [0.2, 0.25) is 0 Å². The van der Waals surface area contributed by atoms with Gasteiger partial charge in [-0.15, -0.1) is 0 Å². The van der Waals surface area contributed by atoms with Gasteiger partial charge in [0.15, 0.2) is 0 Å². The lowest BCUT2D eigenvalue weighted by molar-refractivity contribution is -0.384. The predicted molar refractivity (Wildman–Crippen MR) is 95.4 cm³/mol. The molecule has 7 heteroatoms. The van der Waals surface area contributed by atoms with Crippen LogP contribution in [-0.2, 0) is 0 Å². The number of nitrogens with zero attached hydrogens (tertiary/aromatic N) is 3. The Labute approximate surface area is 148 Å². The average molecular weight is 390 g/mol. The number of rotatable bonds is 3. The first-order chi connectivity index (χ1) is 11.6. The maximum absolute atomic E-state index is 12.6. The van der Waals surface area contributed by atoms with Gasteiger partial charge in [0, 0.05) is 36.7 Å². The Balaban J connectivity index is 1.72. The molecule has 124 valence electrons. The Morgan fingerprint density at radius 3 is 2.29 bits per heavy atom. The highest BCUT2D eigenvalue weighted by molar-refractivity contribution is 9.10. The molecule has 0 radical (unpaired) electrons. The molecule has 2 aromatic carbocycles. The van der Waals surface area contributed by atoms with E-state index in [1.165, 1.54) is 6.07 Å². The molecule has 1 aliphatic heterocycles. The Morgan fingerprint density at radius 2 is 1.62 bits per heavy atom.